The van der Waals surface area contributed by atoms with Crippen LogP contribution < -0.4 is 9.80 Å². The molecule has 0 bridgehead atoms. The largest absolute Gasteiger partial charge is 0.311 e. The van der Waals surface area contributed by atoms with Crippen LogP contribution >= 0.6 is 0 Å². The van der Waals surface area contributed by atoms with Crippen molar-refractivity contribution in [1.82, 2.24) is 0 Å². The molecule has 0 spiro atoms. The van der Waals surface area contributed by atoms with Crippen molar-refractivity contribution in [3.63, 3.8) is 0 Å². The summed E-state index contributed by atoms with van der Waals surface area (Å²) < 4.78 is 0. The fourth-order valence-corrected chi connectivity index (χ4v) is 6.49. The maximum absolute atomic E-state index is 9.40. The Bertz CT molecular complexity index is 2360. The molecule has 0 aliphatic rings. The first-order chi connectivity index (χ1) is 24.7. The van der Waals surface area contributed by atoms with E-state index in [1.54, 1.807) is 0 Å². The van der Waals surface area contributed by atoms with E-state index >= 15 is 0 Å². The summed E-state index contributed by atoms with van der Waals surface area (Å²) >= 11 is 0. The number of anilines is 6. The molecule has 0 aliphatic carbocycles. The molecular formula is C46H30N4. The van der Waals surface area contributed by atoms with Gasteiger partial charge in [-0.1, -0.05) is 97.1 Å². The minimum absolute atomic E-state index is 0.615. The van der Waals surface area contributed by atoms with Gasteiger partial charge in [0.25, 0.3) is 0 Å². The first-order valence-corrected chi connectivity index (χ1v) is 16.4. The second-order valence-electron chi connectivity index (χ2n) is 12.1. The number of nitrogens with zero attached hydrogens (tertiary/aromatic N) is 4. The lowest BCUT2D eigenvalue weighted by Crippen LogP contribution is -2.10. The molecule has 0 N–H and O–H groups in total. The molecule has 0 aromatic heterocycles. The monoisotopic (exact) mass is 638 g/mol. The fourth-order valence-electron chi connectivity index (χ4n) is 6.49. The highest BCUT2D eigenvalue weighted by Crippen LogP contribution is 2.40. The van der Waals surface area contributed by atoms with Gasteiger partial charge >= 0.3 is 0 Å². The van der Waals surface area contributed by atoms with E-state index < -0.39 is 0 Å². The maximum Gasteiger partial charge on any atom is 0.187 e. The summed E-state index contributed by atoms with van der Waals surface area (Å²) in [5.41, 5.74) is 9.58. The van der Waals surface area contributed by atoms with Gasteiger partial charge in [-0.25, -0.2) is 4.85 Å². The molecular weight excluding hydrogens is 609 g/mol. The van der Waals surface area contributed by atoms with Crippen LogP contribution in [0.3, 0.4) is 0 Å². The molecule has 0 saturated carbocycles. The van der Waals surface area contributed by atoms with Crippen LogP contribution in [0.2, 0.25) is 0 Å². The molecule has 0 fully saturated rings. The standard InChI is InChI=1S/C46H30N4/c1-48-40-18-28-44(29-19-40)50(46-27-17-35-7-3-5-9-39(35)31-46)43-24-14-37(15-25-43)36-12-22-42(23-13-36)49(41-20-10-33(32-47)11-21-41)45-26-16-34-6-2-4-8-38(34)30-45/h2-31H. The van der Waals surface area contributed by atoms with Crippen LogP contribution in [-0.2, 0) is 0 Å². The van der Waals surface area contributed by atoms with Crippen molar-refractivity contribution in [1.29, 1.82) is 5.26 Å². The van der Waals surface area contributed by atoms with Crippen molar-refractivity contribution >= 4 is 61.4 Å². The van der Waals surface area contributed by atoms with E-state index in [-0.39, 0.29) is 0 Å². The first-order valence-electron chi connectivity index (χ1n) is 16.4. The molecule has 50 heavy (non-hydrogen) atoms. The van der Waals surface area contributed by atoms with Crippen LogP contribution in [0.1, 0.15) is 5.56 Å². The summed E-state index contributed by atoms with van der Waals surface area (Å²) in [4.78, 5) is 8.04. The molecule has 0 aliphatic heterocycles. The van der Waals surface area contributed by atoms with Crippen molar-refractivity contribution in [3.8, 4) is 17.2 Å². The summed E-state index contributed by atoms with van der Waals surface area (Å²) in [6, 6.07) is 64.7. The zero-order valence-corrected chi connectivity index (χ0v) is 27.1. The van der Waals surface area contributed by atoms with Crippen LogP contribution in [0.25, 0.3) is 37.5 Å². The summed E-state index contributed by atoms with van der Waals surface area (Å²) in [6.45, 7) is 7.41. The molecule has 8 aromatic rings. The van der Waals surface area contributed by atoms with E-state index in [0.717, 1.165) is 45.3 Å². The molecule has 0 atom stereocenters. The van der Waals surface area contributed by atoms with Crippen LogP contribution in [-0.4, -0.2) is 0 Å². The molecule has 0 heterocycles. The Morgan fingerprint density at radius 2 is 0.760 bits per heavy atom. The van der Waals surface area contributed by atoms with Gasteiger partial charge < -0.3 is 9.80 Å². The molecule has 8 aromatic carbocycles. The average molecular weight is 639 g/mol. The van der Waals surface area contributed by atoms with Gasteiger partial charge in [0.1, 0.15) is 0 Å². The fraction of sp³-hybridized carbons (Fsp3) is 0. The summed E-state index contributed by atoms with van der Waals surface area (Å²) in [7, 11) is 0. The minimum Gasteiger partial charge on any atom is -0.311 e. The van der Waals surface area contributed by atoms with Gasteiger partial charge in [-0.3, -0.25) is 0 Å². The Labute approximate surface area is 291 Å². The highest BCUT2D eigenvalue weighted by molar-refractivity contribution is 5.91. The number of hydrogen-bond donors (Lipinski definition) is 0. The van der Waals surface area contributed by atoms with Crippen molar-refractivity contribution in [2.24, 2.45) is 0 Å². The Morgan fingerprint density at radius 1 is 0.400 bits per heavy atom. The summed E-state index contributed by atoms with van der Waals surface area (Å²) in [5.74, 6) is 0. The Morgan fingerprint density at radius 3 is 1.16 bits per heavy atom. The van der Waals surface area contributed by atoms with Crippen LogP contribution in [0.15, 0.2) is 182 Å². The summed E-state index contributed by atoms with van der Waals surface area (Å²) in [5, 5.41) is 14.1. The van der Waals surface area contributed by atoms with Crippen molar-refractivity contribution < 1.29 is 0 Å². The van der Waals surface area contributed by atoms with E-state index in [2.05, 4.69) is 154 Å². The lowest BCUT2D eigenvalue weighted by atomic mass is 10.0. The van der Waals surface area contributed by atoms with E-state index in [9.17, 15) is 5.26 Å². The van der Waals surface area contributed by atoms with Crippen LogP contribution in [0.5, 0.6) is 0 Å². The van der Waals surface area contributed by atoms with E-state index in [0.29, 0.717) is 11.3 Å². The van der Waals surface area contributed by atoms with Gasteiger partial charge in [-0.15, -0.1) is 0 Å². The third-order valence-corrected chi connectivity index (χ3v) is 9.06. The number of rotatable bonds is 7. The molecule has 0 amide bonds. The number of fused-ring (bicyclic) bond motifs is 2. The topological polar surface area (TPSA) is 34.6 Å². The normalized spacial score (nSPS) is 10.8. The number of hydrogen-bond acceptors (Lipinski definition) is 3. The lowest BCUT2D eigenvalue weighted by Gasteiger charge is -2.26. The number of nitriles is 1. The molecule has 0 saturated heterocycles. The van der Waals surface area contributed by atoms with Crippen molar-refractivity contribution in [2.45, 2.75) is 0 Å². The minimum atomic E-state index is 0.615. The predicted octanol–water partition coefficient (Wildman–Crippen LogP) is 13.0. The van der Waals surface area contributed by atoms with Crippen molar-refractivity contribution in [2.75, 3.05) is 9.80 Å². The quantitative estimate of drug-likeness (QED) is 0.163. The van der Waals surface area contributed by atoms with Gasteiger partial charge in [0.05, 0.1) is 18.2 Å². The van der Waals surface area contributed by atoms with Gasteiger partial charge in [0, 0.05) is 34.1 Å². The maximum atomic E-state index is 9.40. The molecule has 234 valence electrons. The Hall–Kier alpha value is -7.14. The molecule has 4 nitrogen and oxygen atoms in total. The second kappa shape index (κ2) is 13.2. The molecule has 0 radical (unpaired) electrons. The Kier molecular flexibility index (Phi) is 7.95. The highest BCUT2D eigenvalue weighted by atomic mass is 15.1. The zero-order valence-electron chi connectivity index (χ0n) is 27.1. The molecule has 4 heteroatoms. The van der Waals surface area contributed by atoms with Crippen LogP contribution in [0.4, 0.5) is 39.8 Å². The summed E-state index contributed by atoms with van der Waals surface area (Å²) in [6.07, 6.45) is 0. The smallest absolute Gasteiger partial charge is 0.187 e. The predicted molar refractivity (Wildman–Crippen MR) is 207 cm³/mol. The van der Waals surface area contributed by atoms with E-state index in [1.807, 2.05) is 48.5 Å². The van der Waals surface area contributed by atoms with Crippen LogP contribution in [0, 0.1) is 17.9 Å². The Balaban J connectivity index is 1.14. The SMILES string of the molecule is [C-]#[N+]c1ccc(N(c2ccc(-c3ccc(N(c4ccc(C#N)cc4)c4ccc5ccccc5c4)cc3)cc2)c2ccc3ccccc3c2)cc1. The van der Waals surface area contributed by atoms with Gasteiger partial charge in [0.15, 0.2) is 5.69 Å². The third-order valence-electron chi connectivity index (χ3n) is 9.06. The highest BCUT2D eigenvalue weighted by Gasteiger charge is 2.16. The van der Waals surface area contributed by atoms with Gasteiger partial charge in [-0.2, -0.15) is 5.26 Å². The van der Waals surface area contributed by atoms with E-state index in [1.165, 1.54) is 21.5 Å². The average Bonchev–Trinajstić information content (AvgIpc) is 3.19. The third kappa shape index (κ3) is 5.90. The van der Waals surface area contributed by atoms with Crippen molar-refractivity contribution in [3.05, 3.63) is 199 Å². The zero-order chi connectivity index (χ0) is 33.9. The lowest BCUT2D eigenvalue weighted by molar-refractivity contribution is 1.28. The van der Waals surface area contributed by atoms with Gasteiger partial charge in [0.2, 0.25) is 0 Å². The second-order valence-corrected chi connectivity index (χ2v) is 12.1. The molecule has 0 unspecified atom stereocenters. The molecule has 8 rings (SSSR count). The van der Waals surface area contributed by atoms with E-state index in [4.69, 9.17) is 6.57 Å². The number of benzene rings is 8. The first kappa shape index (κ1) is 30.2. The van der Waals surface area contributed by atoms with Gasteiger partial charge in [-0.05, 0) is 118 Å².